The minimum atomic E-state index is 0.223. The second-order valence-electron chi connectivity index (χ2n) is 5.73. The van der Waals surface area contributed by atoms with Crippen molar-refractivity contribution in [2.24, 2.45) is 11.1 Å². The molecule has 0 amide bonds. The van der Waals surface area contributed by atoms with Gasteiger partial charge in [0.05, 0.1) is 0 Å². The van der Waals surface area contributed by atoms with Crippen LogP contribution in [0.5, 0.6) is 0 Å². The van der Waals surface area contributed by atoms with Crippen molar-refractivity contribution in [1.29, 1.82) is 0 Å². The molecule has 0 heterocycles. The predicted octanol–water partition coefficient (Wildman–Crippen LogP) is 3.40. The molecule has 0 unspecified atom stereocenters. The highest BCUT2D eigenvalue weighted by Crippen LogP contribution is 2.23. The van der Waals surface area contributed by atoms with Crippen LogP contribution < -0.4 is 11.1 Å². The van der Waals surface area contributed by atoms with Gasteiger partial charge in [0.15, 0.2) is 0 Å². The lowest BCUT2D eigenvalue weighted by Gasteiger charge is -2.23. The molecule has 0 bridgehead atoms. The number of aryl methyl sites for hydroxylation is 1. The van der Waals surface area contributed by atoms with Gasteiger partial charge in [-0.15, -0.1) is 0 Å². The smallest absolute Gasteiger partial charge is 0.0372 e. The van der Waals surface area contributed by atoms with E-state index in [4.69, 9.17) is 5.73 Å². The molecule has 0 spiro atoms. The second-order valence-corrected chi connectivity index (χ2v) is 5.73. The van der Waals surface area contributed by atoms with Crippen molar-refractivity contribution in [1.82, 2.24) is 0 Å². The van der Waals surface area contributed by atoms with E-state index in [1.165, 1.54) is 22.4 Å². The summed E-state index contributed by atoms with van der Waals surface area (Å²) in [6, 6.07) is 4.35. The van der Waals surface area contributed by atoms with Crippen molar-refractivity contribution in [2.45, 2.75) is 41.0 Å². The third-order valence-electron chi connectivity index (χ3n) is 3.73. The maximum Gasteiger partial charge on any atom is 0.0372 e. The average Bonchev–Trinajstić information content (AvgIpc) is 2.29. The van der Waals surface area contributed by atoms with Gasteiger partial charge in [0.1, 0.15) is 0 Å². The zero-order chi connectivity index (χ0) is 13.1. The zero-order valence-electron chi connectivity index (χ0n) is 11.9. The van der Waals surface area contributed by atoms with Crippen molar-refractivity contribution in [3.63, 3.8) is 0 Å². The Balaban J connectivity index is 2.62. The van der Waals surface area contributed by atoms with E-state index < -0.39 is 0 Å². The Bertz CT molecular complexity index is 381. The average molecular weight is 234 g/mol. The Labute approximate surface area is 106 Å². The molecule has 1 aromatic carbocycles. The number of benzene rings is 1. The third kappa shape index (κ3) is 3.74. The van der Waals surface area contributed by atoms with Gasteiger partial charge in [-0.2, -0.15) is 0 Å². The Morgan fingerprint density at radius 3 is 2.35 bits per heavy atom. The Hall–Kier alpha value is -1.02. The first-order valence-electron chi connectivity index (χ1n) is 6.38. The molecule has 3 N–H and O–H groups in total. The summed E-state index contributed by atoms with van der Waals surface area (Å²) in [5.74, 6) is 0. The van der Waals surface area contributed by atoms with Gasteiger partial charge < -0.3 is 11.1 Å². The van der Waals surface area contributed by atoms with Crippen LogP contribution in [0, 0.1) is 26.2 Å². The van der Waals surface area contributed by atoms with Crippen LogP contribution >= 0.6 is 0 Å². The quantitative estimate of drug-likeness (QED) is 0.819. The predicted molar refractivity (Wildman–Crippen MR) is 76.6 cm³/mol. The molecule has 1 aromatic rings. The SMILES string of the molecule is Cc1ccc(NCCC(C)(C)CN)c(C)c1C. The van der Waals surface area contributed by atoms with Crippen LogP contribution in [-0.2, 0) is 0 Å². The van der Waals surface area contributed by atoms with Gasteiger partial charge >= 0.3 is 0 Å². The molecule has 0 atom stereocenters. The number of hydrogen-bond donors (Lipinski definition) is 2. The highest BCUT2D eigenvalue weighted by molar-refractivity contribution is 5.55. The lowest BCUT2D eigenvalue weighted by Crippen LogP contribution is -2.26. The summed E-state index contributed by atoms with van der Waals surface area (Å²) in [7, 11) is 0. The highest BCUT2D eigenvalue weighted by Gasteiger charge is 2.14. The van der Waals surface area contributed by atoms with Crippen LogP contribution in [0.25, 0.3) is 0 Å². The minimum absolute atomic E-state index is 0.223. The Kier molecular flexibility index (Phi) is 4.58. The molecule has 0 fully saturated rings. The summed E-state index contributed by atoms with van der Waals surface area (Å²) in [5, 5.41) is 3.52. The molecule has 96 valence electrons. The molecular formula is C15H26N2. The summed E-state index contributed by atoms with van der Waals surface area (Å²) in [6.45, 7) is 12.7. The molecule has 0 aliphatic carbocycles. The van der Waals surface area contributed by atoms with Crippen molar-refractivity contribution in [2.75, 3.05) is 18.4 Å². The van der Waals surface area contributed by atoms with Crippen molar-refractivity contribution in [3.05, 3.63) is 28.8 Å². The number of nitrogens with one attached hydrogen (secondary N) is 1. The van der Waals surface area contributed by atoms with Crippen LogP contribution in [0.15, 0.2) is 12.1 Å². The first-order valence-corrected chi connectivity index (χ1v) is 6.38. The largest absolute Gasteiger partial charge is 0.385 e. The summed E-state index contributed by atoms with van der Waals surface area (Å²) in [4.78, 5) is 0. The molecule has 2 heteroatoms. The molecular weight excluding hydrogens is 208 g/mol. The first kappa shape index (κ1) is 14.0. The Morgan fingerprint density at radius 1 is 1.12 bits per heavy atom. The van der Waals surface area contributed by atoms with Crippen molar-refractivity contribution >= 4 is 5.69 Å². The van der Waals surface area contributed by atoms with E-state index in [1.807, 2.05) is 0 Å². The fourth-order valence-corrected chi connectivity index (χ4v) is 1.79. The van der Waals surface area contributed by atoms with Crippen LogP contribution in [0.2, 0.25) is 0 Å². The lowest BCUT2D eigenvalue weighted by molar-refractivity contribution is 0.358. The van der Waals surface area contributed by atoms with Gasteiger partial charge in [-0.1, -0.05) is 19.9 Å². The lowest BCUT2D eigenvalue weighted by atomic mass is 9.89. The molecule has 0 aliphatic heterocycles. The highest BCUT2D eigenvalue weighted by atomic mass is 14.9. The van der Waals surface area contributed by atoms with E-state index in [0.29, 0.717) is 0 Å². The first-order chi connectivity index (χ1) is 7.87. The number of anilines is 1. The topological polar surface area (TPSA) is 38.0 Å². The summed E-state index contributed by atoms with van der Waals surface area (Å²) < 4.78 is 0. The molecule has 1 rings (SSSR count). The number of rotatable bonds is 5. The third-order valence-corrected chi connectivity index (χ3v) is 3.73. The standard InChI is InChI=1S/C15H26N2/c1-11-6-7-14(13(3)12(11)2)17-9-8-15(4,5)10-16/h6-7,17H,8-10,16H2,1-5H3. The van der Waals surface area contributed by atoms with Gasteiger partial charge in [-0.3, -0.25) is 0 Å². The van der Waals surface area contributed by atoms with E-state index in [0.717, 1.165) is 19.5 Å². The number of hydrogen-bond acceptors (Lipinski definition) is 2. The van der Waals surface area contributed by atoms with Crippen molar-refractivity contribution in [3.8, 4) is 0 Å². The zero-order valence-corrected chi connectivity index (χ0v) is 11.9. The van der Waals surface area contributed by atoms with Gasteiger partial charge in [-0.25, -0.2) is 0 Å². The van der Waals surface area contributed by atoms with Crippen LogP contribution in [-0.4, -0.2) is 13.1 Å². The fraction of sp³-hybridized carbons (Fsp3) is 0.600. The normalized spacial score (nSPS) is 11.6. The van der Waals surface area contributed by atoms with E-state index in [2.05, 4.69) is 52.1 Å². The van der Waals surface area contributed by atoms with Crippen molar-refractivity contribution < 1.29 is 0 Å². The second kappa shape index (κ2) is 5.54. The Morgan fingerprint density at radius 2 is 1.76 bits per heavy atom. The monoisotopic (exact) mass is 234 g/mol. The molecule has 17 heavy (non-hydrogen) atoms. The maximum atomic E-state index is 5.73. The molecule has 0 radical (unpaired) electrons. The minimum Gasteiger partial charge on any atom is -0.385 e. The van der Waals surface area contributed by atoms with E-state index in [-0.39, 0.29) is 5.41 Å². The maximum absolute atomic E-state index is 5.73. The van der Waals surface area contributed by atoms with Crippen LogP contribution in [0.1, 0.15) is 37.0 Å². The molecule has 0 aromatic heterocycles. The molecule has 2 nitrogen and oxygen atoms in total. The summed E-state index contributed by atoms with van der Waals surface area (Å²) in [5.41, 5.74) is 11.3. The van der Waals surface area contributed by atoms with Gasteiger partial charge in [-0.05, 0) is 61.9 Å². The van der Waals surface area contributed by atoms with Gasteiger partial charge in [0, 0.05) is 12.2 Å². The summed E-state index contributed by atoms with van der Waals surface area (Å²) >= 11 is 0. The molecule has 0 saturated carbocycles. The fourth-order valence-electron chi connectivity index (χ4n) is 1.79. The molecule has 0 saturated heterocycles. The van der Waals surface area contributed by atoms with Crippen LogP contribution in [0.3, 0.4) is 0 Å². The van der Waals surface area contributed by atoms with Crippen LogP contribution in [0.4, 0.5) is 5.69 Å². The van der Waals surface area contributed by atoms with E-state index >= 15 is 0 Å². The van der Waals surface area contributed by atoms with E-state index in [1.54, 1.807) is 0 Å². The summed E-state index contributed by atoms with van der Waals surface area (Å²) in [6.07, 6.45) is 1.09. The van der Waals surface area contributed by atoms with Gasteiger partial charge in [0.25, 0.3) is 0 Å². The number of nitrogens with two attached hydrogens (primary N) is 1. The van der Waals surface area contributed by atoms with Gasteiger partial charge in [0.2, 0.25) is 0 Å². The molecule has 0 aliphatic rings. The van der Waals surface area contributed by atoms with E-state index in [9.17, 15) is 0 Å².